The van der Waals surface area contributed by atoms with E-state index in [4.69, 9.17) is 10.5 Å². The Morgan fingerprint density at radius 1 is 1.00 bits per heavy atom. The molecule has 2 fully saturated rings. The first kappa shape index (κ1) is 16.0. The van der Waals surface area contributed by atoms with Gasteiger partial charge < -0.3 is 15.4 Å². The molecule has 2 saturated heterocycles. The van der Waals surface area contributed by atoms with Crippen LogP contribution in [0.3, 0.4) is 0 Å². The van der Waals surface area contributed by atoms with Gasteiger partial charge in [-0.1, -0.05) is 0 Å². The predicted molar refractivity (Wildman–Crippen MR) is 70.5 cm³/mol. The average Bonchev–Trinajstić information content (AvgIpc) is 2.40. The lowest BCUT2D eigenvalue weighted by molar-refractivity contribution is -0.149. The van der Waals surface area contributed by atoms with Gasteiger partial charge in [0, 0.05) is 45.9 Å². The quantitative estimate of drug-likeness (QED) is 0.837. The highest BCUT2D eigenvalue weighted by Gasteiger charge is 2.36. The second-order valence-electron chi connectivity index (χ2n) is 5.98. The Labute approximate surface area is 118 Å². The Kier molecular flexibility index (Phi) is 5.28. The van der Waals surface area contributed by atoms with Crippen LogP contribution in [0.2, 0.25) is 0 Å². The minimum absolute atomic E-state index is 0.0877. The fourth-order valence-corrected chi connectivity index (χ4v) is 3.06. The van der Waals surface area contributed by atoms with Crippen LogP contribution in [0.1, 0.15) is 12.8 Å². The van der Waals surface area contributed by atoms with Crippen molar-refractivity contribution in [2.24, 2.45) is 11.1 Å². The third kappa shape index (κ3) is 4.58. The van der Waals surface area contributed by atoms with Gasteiger partial charge in [-0.05, 0) is 24.8 Å². The molecule has 7 heteroatoms. The first-order chi connectivity index (χ1) is 9.42. The molecule has 0 amide bonds. The summed E-state index contributed by atoms with van der Waals surface area (Å²) in [5, 5.41) is 0. The molecular formula is C13H24F3N3O. The molecule has 0 aromatic rings. The van der Waals surface area contributed by atoms with E-state index < -0.39 is 12.7 Å². The van der Waals surface area contributed by atoms with Gasteiger partial charge in [0.1, 0.15) is 0 Å². The van der Waals surface area contributed by atoms with E-state index in [2.05, 4.69) is 4.90 Å². The van der Waals surface area contributed by atoms with Crippen molar-refractivity contribution in [2.45, 2.75) is 19.0 Å². The molecule has 0 aromatic heterocycles. The molecule has 118 valence electrons. The van der Waals surface area contributed by atoms with Gasteiger partial charge in [-0.25, -0.2) is 0 Å². The van der Waals surface area contributed by atoms with Gasteiger partial charge in [-0.3, -0.25) is 4.90 Å². The van der Waals surface area contributed by atoms with E-state index in [1.165, 1.54) is 4.90 Å². The van der Waals surface area contributed by atoms with Crippen molar-refractivity contribution in [3.63, 3.8) is 0 Å². The number of rotatable bonds is 4. The van der Waals surface area contributed by atoms with E-state index in [0.29, 0.717) is 32.7 Å². The molecule has 2 aliphatic heterocycles. The van der Waals surface area contributed by atoms with Crippen LogP contribution in [0.15, 0.2) is 0 Å². The normalized spacial score (nSPS) is 25.8. The Balaban J connectivity index is 1.78. The molecule has 2 aliphatic rings. The zero-order valence-corrected chi connectivity index (χ0v) is 11.8. The van der Waals surface area contributed by atoms with Crippen molar-refractivity contribution in [3.8, 4) is 0 Å². The highest BCUT2D eigenvalue weighted by molar-refractivity contribution is 4.87. The van der Waals surface area contributed by atoms with Crippen LogP contribution in [0.25, 0.3) is 0 Å². The number of hydrogen-bond donors (Lipinski definition) is 1. The Bertz CT molecular complexity index is 298. The van der Waals surface area contributed by atoms with Crippen molar-refractivity contribution < 1.29 is 17.9 Å². The first-order valence-corrected chi connectivity index (χ1v) is 7.22. The molecule has 0 bridgehead atoms. The van der Waals surface area contributed by atoms with Crippen LogP contribution < -0.4 is 5.73 Å². The number of nitrogens with two attached hydrogens (primary N) is 1. The smallest absolute Gasteiger partial charge is 0.381 e. The predicted octanol–water partition coefficient (Wildman–Crippen LogP) is 0.922. The lowest BCUT2D eigenvalue weighted by Gasteiger charge is -2.43. The summed E-state index contributed by atoms with van der Waals surface area (Å²) in [5.41, 5.74) is 6.01. The summed E-state index contributed by atoms with van der Waals surface area (Å²) in [6.45, 7) is 4.55. The summed E-state index contributed by atoms with van der Waals surface area (Å²) in [6, 6.07) is 0. The molecule has 0 aliphatic carbocycles. The number of piperazine rings is 1. The molecule has 0 unspecified atom stereocenters. The number of nitrogens with zero attached hydrogens (tertiary/aromatic N) is 2. The third-order valence-corrected chi connectivity index (χ3v) is 4.41. The molecule has 0 atom stereocenters. The van der Waals surface area contributed by atoms with Crippen molar-refractivity contribution in [3.05, 3.63) is 0 Å². The van der Waals surface area contributed by atoms with Gasteiger partial charge in [0.15, 0.2) is 0 Å². The lowest BCUT2D eigenvalue weighted by Crippen LogP contribution is -2.53. The summed E-state index contributed by atoms with van der Waals surface area (Å²) in [4.78, 5) is 3.74. The second kappa shape index (κ2) is 6.60. The zero-order valence-electron chi connectivity index (χ0n) is 11.8. The molecule has 2 heterocycles. The van der Waals surface area contributed by atoms with Gasteiger partial charge >= 0.3 is 6.18 Å². The minimum atomic E-state index is -4.10. The number of alkyl halides is 3. The number of hydrogen-bond acceptors (Lipinski definition) is 4. The van der Waals surface area contributed by atoms with E-state index in [-0.39, 0.29) is 5.41 Å². The molecule has 0 saturated carbocycles. The van der Waals surface area contributed by atoms with Crippen molar-refractivity contribution >= 4 is 0 Å². The maximum absolute atomic E-state index is 12.3. The largest absolute Gasteiger partial charge is 0.401 e. The molecule has 2 N–H and O–H groups in total. The summed E-state index contributed by atoms with van der Waals surface area (Å²) < 4.78 is 42.4. The lowest BCUT2D eigenvalue weighted by atomic mass is 9.79. The van der Waals surface area contributed by atoms with Crippen LogP contribution >= 0.6 is 0 Å². The van der Waals surface area contributed by atoms with Gasteiger partial charge in [0.05, 0.1) is 6.54 Å². The van der Waals surface area contributed by atoms with Gasteiger partial charge in [-0.15, -0.1) is 0 Å². The van der Waals surface area contributed by atoms with Crippen LogP contribution in [0.4, 0.5) is 13.2 Å². The maximum atomic E-state index is 12.3. The van der Waals surface area contributed by atoms with Gasteiger partial charge in [0.25, 0.3) is 0 Å². The van der Waals surface area contributed by atoms with Crippen molar-refractivity contribution in [1.82, 2.24) is 9.80 Å². The van der Waals surface area contributed by atoms with Crippen LogP contribution in [-0.2, 0) is 4.74 Å². The van der Waals surface area contributed by atoms with Crippen LogP contribution in [-0.4, -0.2) is 75.0 Å². The summed E-state index contributed by atoms with van der Waals surface area (Å²) >= 11 is 0. The van der Waals surface area contributed by atoms with E-state index in [1.807, 2.05) is 0 Å². The monoisotopic (exact) mass is 295 g/mol. The SMILES string of the molecule is NCC1(CN2CCN(CC(F)(F)F)CC2)CCOCC1. The molecule has 2 rings (SSSR count). The Hall–Kier alpha value is -0.370. The molecule has 20 heavy (non-hydrogen) atoms. The van der Waals surface area contributed by atoms with Gasteiger partial charge in [-0.2, -0.15) is 13.2 Å². The van der Waals surface area contributed by atoms with Gasteiger partial charge in [0.2, 0.25) is 0 Å². The zero-order chi connectivity index (χ0) is 14.6. The molecular weight excluding hydrogens is 271 g/mol. The molecule has 0 aromatic carbocycles. The van der Waals surface area contributed by atoms with Crippen LogP contribution in [0, 0.1) is 5.41 Å². The standard InChI is InChI=1S/C13H24F3N3O/c14-13(15,16)11-19-5-3-18(4-6-19)10-12(9-17)1-7-20-8-2-12/h1-11,17H2. The molecule has 4 nitrogen and oxygen atoms in total. The van der Waals surface area contributed by atoms with Crippen molar-refractivity contribution in [2.75, 3.05) is 59.0 Å². The topological polar surface area (TPSA) is 41.7 Å². The highest BCUT2D eigenvalue weighted by atomic mass is 19.4. The number of halogens is 3. The Morgan fingerprint density at radius 2 is 1.55 bits per heavy atom. The first-order valence-electron chi connectivity index (χ1n) is 7.22. The summed E-state index contributed by atoms with van der Waals surface area (Å²) in [7, 11) is 0. The van der Waals surface area contributed by atoms with E-state index in [9.17, 15) is 13.2 Å². The third-order valence-electron chi connectivity index (χ3n) is 4.41. The van der Waals surface area contributed by atoms with E-state index in [1.54, 1.807) is 0 Å². The second-order valence-corrected chi connectivity index (χ2v) is 5.98. The maximum Gasteiger partial charge on any atom is 0.401 e. The van der Waals surface area contributed by atoms with E-state index >= 15 is 0 Å². The summed E-state index contributed by atoms with van der Waals surface area (Å²) in [5.74, 6) is 0. The molecule has 0 spiro atoms. The molecule has 0 radical (unpaired) electrons. The Morgan fingerprint density at radius 3 is 2.05 bits per heavy atom. The fourth-order valence-electron chi connectivity index (χ4n) is 3.06. The van der Waals surface area contributed by atoms with E-state index in [0.717, 1.165) is 32.6 Å². The highest BCUT2D eigenvalue weighted by Crippen LogP contribution is 2.30. The fraction of sp³-hybridized carbons (Fsp3) is 1.00. The summed E-state index contributed by atoms with van der Waals surface area (Å²) in [6.07, 6.45) is -2.19. The minimum Gasteiger partial charge on any atom is -0.381 e. The van der Waals surface area contributed by atoms with Crippen LogP contribution in [0.5, 0.6) is 0 Å². The average molecular weight is 295 g/mol. The van der Waals surface area contributed by atoms with Crippen molar-refractivity contribution in [1.29, 1.82) is 0 Å². The number of ether oxygens (including phenoxy) is 1.